The zero-order chi connectivity index (χ0) is 26.2. The maximum absolute atomic E-state index is 10.7. The predicted octanol–water partition coefficient (Wildman–Crippen LogP) is 5.22. The number of oxime groups is 1. The Morgan fingerprint density at radius 1 is 0.944 bits per heavy atom. The average Bonchev–Trinajstić information content (AvgIpc) is 2.91. The summed E-state index contributed by atoms with van der Waals surface area (Å²) in [6.07, 6.45) is 2.07. The summed E-state index contributed by atoms with van der Waals surface area (Å²) >= 11 is 0. The van der Waals surface area contributed by atoms with E-state index >= 15 is 0 Å². The van der Waals surface area contributed by atoms with Crippen molar-refractivity contribution in [1.82, 2.24) is 0 Å². The number of nitrogens with zero attached hydrogens (tertiary/aromatic N) is 1. The lowest BCUT2D eigenvalue weighted by molar-refractivity contribution is -0.107. The molecule has 0 aliphatic rings. The summed E-state index contributed by atoms with van der Waals surface area (Å²) in [5.41, 5.74) is 3.68. The normalized spacial score (nSPS) is 10.8. The number of hydrogen-bond acceptors (Lipinski definition) is 7. The fourth-order valence-electron chi connectivity index (χ4n) is 3.31. The van der Waals surface area contributed by atoms with Gasteiger partial charge in [0.05, 0.1) is 6.10 Å². The topological polar surface area (TPSA) is 86.6 Å². The molecule has 3 rings (SSSR count). The summed E-state index contributed by atoms with van der Waals surface area (Å²) in [6, 6.07) is 23.3. The SMILES string of the molecule is CO.CO/N=C(\COc1ccc(COc2ccc(CCC=O)c(OC(C)C)c2)cc1)c1ccccc1. The minimum Gasteiger partial charge on any atom is -0.491 e. The maximum atomic E-state index is 10.7. The number of aryl methyl sites for hydroxylation is 1. The standard InChI is InChI=1S/C28H31NO5.CH4O/c1-21(2)34-28-18-26(16-13-24(28)10-7-17-30)32-19-22-11-14-25(15-12-22)33-20-27(29-31-3)23-8-5-4-6-9-23;1-2/h4-6,8-9,11-18,21H,7,10,19-20H2,1-3H3;2H,1H3/b29-27+;. The highest BCUT2D eigenvalue weighted by Crippen LogP contribution is 2.27. The molecule has 0 saturated heterocycles. The number of benzene rings is 3. The van der Waals surface area contributed by atoms with Crippen molar-refractivity contribution in [2.75, 3.05) is 20.8 Å². The van der Waals surface area contributed by atoms with Gasteiger partial charge in [0.1, 0.15) is 49.6 Å². The smallest absolute Gasteiger partial charge is 0.134 e. The molecule has 0 fully saturated rings. The van der Waals surface area contributed by atoms with E-state index in [2.05, 4.69) is 5.16 Å². The van der Waals surface area contributed by atoms with Crippen molar-refractivity contribution in [2.45, 2.75) is 39.4 Å². The molecule has 0 spiro atoms. The van der Waals surface area contributed by atoms with Crippen LogP contribution in [0.15, 0.2) is 78.0 Å². The molecule has 0 bridgehead atoms. The lowest BCUT2D eigenvalue weighted by Crippen LogP contribution is -2.13. The second-order valence-electron chi connectivity index (χ2n) is 7.95. The molecule has 0 aromatic heterocycles. The van der Waals surface area contributed by atoms with Gasteiger partial charge >= 0.3 is 0 Å². The average molecular weight is 494 g/mol. The van der Waals surface area contributed by atoms with Crippen LogP contribution in [-0.4, -0.2) is 44.0 Å². The van der Waals surface area contributed by atoms with Crippen LogP contribution in [0.4, 0.5) is 0 Å². The van der Waals surface area contributed by atoms with Gasteiger partial charge in [0.25, 0.3) is 0 Å². The predicted molar refractivity (Wildman–Crippen MR) is 141 cm³/mol. The molecule has 0 atom stereocenters. The van der Waals surface area contributed by atoms with Crippen molar-refractivity contribution in [1.29, 1.82) is 0 Å². The van der Waals surface area contributed by atoms with E-state index in [1.165, 1.54) is 7.11 Å². The van der Waals surface area contributed by atoms with Crippen LogP contribution in [0, 0.1) is 0 Å². The molecular formula is C29H35NO6. The summed E-state index contributed by atoms with van der Waals surface area (Å²) in [6.45, 7) is 4.66. The van der Waals surface area contributed by atoms with Gasteiger partial charge in [-0.1, -0.05) is 53.7 Å². The number of hydrogen-bond donors (Lipinski definition) is 1. The van der Waals surface area contributed by atoms with Gasteiger partial charge in [-0.2, -0.15) is 0 Å². The molecule has 1 N–H and O–H groups in total. The Labute approximate surface area is 213 Å². The Morgan fingerprint density at radius 3 is 2.28 bits per heavy atom. The van der Waals surface area contributed by atoms with Gasteiger partial charge in [0.2, 0.25) is 0 Å². The second-order valence-corrected chi connectivity index (χ2v) is 7.95. The first-order valence-electron chi connectivity index (χ1n) is 11.8. The molecule has 7 heteroatoms. The number of aldehydes is 1. The van der Waals surface area contributed by atoms with Crippen molar-refractivity contribution in [3.63, 3.8) is 0 Å². The Bertz CT molecular complexity index is 1060. The highest BCUT2D eigenvalue weighted by Gasteiger charge is 2.09. The van der Waals surface area contributed by atoms with Crippen LogP contribution < -0.4 is 14.2 Å². The van der Waals surface area contributed by atoms with Gasteiger partial charge < -0.3 is 28.9 Å². The summed E-state index contributed by atoms with van der Waals surface area (Å²) in [5, 5.41) is 11.1. The van der Waals surface area contributed by atoms with E-state index in [0.29, 0.717) is 37.5 Å². The molecule has 3 aromatic rings. The third-order valence-corrected chi connectivity index (χ3v) is 4.95. The molecule has 0 radical (unpaired) electrons. The molecule has 0 aliphatic carbocycles. The molecule has 192 valence electrons. The van der Waals surface area contributed by atoms with Crippen LogP contribution in [0.5, 0.6) is 17.2 Å². The fourth-order valence-corrected chi connectivity index (χ4v) is 3.31. The van der Waals surface area contributed by atoms with Crippen molar-refractivity contribution < 1.29 is 28.9 Å². The molecule has 3 aromatic carbocycles. The number of aliphatic hydroxyl groups is 1. The molecule has 36 heavy (non-hydrogen) atoms. The first-order chi connectivity index (χ1) is 17.6. The van der Waals surface area contributed by atoms with Crippen LogP contribution in [0.2, 0.25) is 0 Å². The number of carbonyl (C=O) groups excluding carboxylic acids is 1. The van der Waals surface area contributed by atoms with Crippen LogP contribution >= 0.6 is 0 Å². The van der Waals surface area contributed by atoms with Gasteiger partial charge in [-0.15, -0.1) is 0 Å². The molecule has 0 saturated carbocycles. The number of carbonyl (C=O) groups is 1. The number of aliphatic hydroxyl groups excluding tert-OH is 1. The third kappa shape index (κ3) is 9.43. The van der Waals surface area contributed by atoms with Gasteiger partial charge in [-0.05, 0) is 49.6 Å². The minimum atomic E-state index is 0.0362. The van der Waals surface area contributed by atoms with Crippen molar-refractivity contribution in [3.05, 3.63) is 89.5 Å². The van der Waals surface area contributed by atoms with E-state index in [1.807, 2.05) is 86.6 Å². The van der Waals surface area contributed by atoms with Crippen molar-refractivity contribution in [2.24, 2.45) is 5.16 Å². The molecule has 7 nitrogen and oxygen atoms in total. The largest absolute Gasteiger partial charge is 0.491 e. The van der Waals surface area contributed by atoms with Gasteiger partial charge in [-0.3, -0.25) is 0 Å². The van der Waals surface area contributed by atoms with Crippen LogP contribution in [0.25, 0.3) is 0 Å². The van der Waals surface area contributed by atoms with E-state index in [1.54, 1.807) is 0 Å². The Balaban J connectivity index is 0.00000222. The van der Waals surface area contributed by atoms with Crippen LogP contribution in [-0.2, 0) is 22.7 Å². The van der Waals surface area contributed by atoms with Crippen molar-refractivity contribution in [3.8, 4) is 17.2 Å². The Morgan fingerprint density at radius 2 is 1.64 bits per heavy atom. The first kappa shape index (κ1) is 28.4. The van der Waals surface area contributed by atoms with E-state index in [0.717, 1.165) is 41.6 Å². The third-order valence-electron chi connectivity index (χ3n) is 4.95. The zero-order valence-electron chi connectivity index (χ0n) is 21.3. The van der Waals surface area contributed by atoms with Gasteiger partial charge in [-0.25, -0.2) is 0 Å². The van der Waals surface area contributed by atoms with E-state index in [4.69, 9.17) is 24.2 Å². The maximum Gasteiger partial charge on any atom is 0.134 e. The summed E-state index contributed by atoms with van der Waals surface area (Å²) in [5.74, 6) is 2.20. The molecule has 0 unspecified atom stereocenters. The molecule has 0 amide bonds. The quantitative estimate of drug-likeness (QED) is 0.200. The lowest BCUT2D eigenvalue weighted by atomic mass is 10.1. The highest BCUT2D eigenvalue weighted by molar-refractivity contribution is 6.01. The van der Waals surface area contributed by atoms with Gasteiger partial charge in [0, 0.05) is 25.2 Å². The zero-order valence-corrected chi connectivity index (χ0v) is 21.3. The Hall–Kier alpha value is -3.84. The molecule has 0 aliphatic heterocycles. The van der Waals surface area contributed by atoms with Crippen LogP contribution in [0.1, 0.15) is 37.0 Å². The highest BCUT2D eigenvalue weighted by atomic mass is 16.6. The van der Waals surface area contributed by atoms with E-state index < -0.39 is 0 Å². The van der Waals surface area contributed by atoms with Crippen molar-refractivity contribution >= 4 is 12.0 Å². The van der Waals surface area contributed by atoms with Crippen LogP contribution in [0.3, 0.4) is 0 Å². The first-order valence-corrected chi connectivity index (χ1v) is 11.8. The Kier molecular flexibility index (Phi) is 12.6. The lowest BCUT2D eigenvalue weighted by Gasteiger charge is -2.16. The summed E-state index contributed by atoms with van der Waals surface area (Å²) in [7, 11) is 2.52. The summed E-state index contributed by atoms with van der Waals surface area (Å²) < 4.78 is 17.8. The fraction of sp³-hybridized carbons (Fsp3) is 0.310. The number of rotatable bonds is 13. The summed E-state index contributed by atoms with van der Waals surface area (Å²) in [4.78, 5) is 15.7. The van der Waals surface area contributed by atoms with Gasteiger partial charge in [0.15, 0.2) is 0 Å². The van der Waals surface area contributed by atoms with E-state index in [-0.39, 0.29) is 6.10 Å². The second kappa shape index (κ2) is 15.9. The molecule has 0 heterocycles. The minimum absolute atomic E-state index is 0.0362. The number of ether oxygens (including phenoxy) is 3. The monoisotopic (exact) mass is 493 g/mol. The van der Waals surface area contributed by atoms with E-state index in [9.17, 15) is 4.79 Å². The molecular weight excluding hydrogens is 458 g/mol.